The third-order valence-corrected chi connectivity index (χ3v) is 4.92. The molecule has 1 fully saturated rings. The zero-order valence-electron chi connectivity index (χ0n) is 14.0. The van der Waals surface area contributed by atoms with Gasteiger partial charge in [0.1, 0.15) is 0 Å². The number of rotatable bonds is 6. The van der Waals surface area contributed by atoms with Crippen molar-refractivity contribution in [3.8, 4) is 0 Å². The predicted molar refractivity (Wildman–Crippen MR) is 95.5 cm³/mol. The Kier molecular flexibility index (Phi) is 5.54. The van der Waals surface area contributed by atoms with Crippen molar-refractivity contribution in [2.45, 2.75) is 25.8 Å². The number of anilines is 2. The molecule has 1 aliphatic rings. The van der Waals surface area contributed by atoms with E-state index in [9.17, 15) is 9.59 Å². The zero-order chi connectivity index (χ0) is 17.6. The van der Waals surface area contributed by atoms with Gasteiger partial charge in [-0.15, -0.1) is 10.2 Å². The van der Waals surface area contributed by atoms with Crippen LogP contribution in [0.25, 0.3) is 0 Å². The van der Waals surface area contributed by atoms with Crippen molar-refractivity contribution in [2.75, 3.05) is 29.9 Å². The average molecular weight is 360 g/mol. The molecule has 3 rings (SSSR count). The molecule has 1 aliphatic heterocycles. The van der Waals surface area contributed by atoms with E-state index in [1.54, 1.807) is 23.0 Å². The number of nitrogens with zero attached hydrogens (tertiary/aromatic N) is 5. The molecule has 8 nitrogen and oxygen atoms in total. The van der Waals surface area contributed by atoms with E-state index in [4.69, 9.17) is 0 Å². The van der Waals surface area contributed by atoms with Gasteiger partial charge in [-0.3, -0.25) is 19.5 Å². The zero-order valence-corrected chi connectivity index (χ0v) is 14.8. The average Bonchev–Trinajstić information content (AvgIpc) is 3.11. The van der Waals surface area contributed by atoms with Crippen LogP contribution >= 0.6 is 11.3 Å². The summed E-state index contributed by atoms with van der Waals surface area (Å²) in [5.74, 6) is -0.0383. The first-order chi connectivity index (χ1) is 12.1. The van der Waals surface area contributed by atoms with Crippen molar-refractivity contribution < 1.29 is 9.59 Å². The number of piperidine rings is 1. The molecule has 132 valence electrons. The first kappa shape index (κ1) is 17.3. The Labute approximate surface area is 149 Å². The fourth-order valence-electron chi connectivity index (χ4n) is 2.51. The molecule has 0 saturated carbocycles. The maximum atomic E-state index is 12.1. The molecule has 0 aliphatic carbocycles. The highest BCUT2D eigenvalue weighted by molar-refractivity contribution is 7.19. The van der Waals surface area contributed by atoms with Crippen LogP contribution < -0.4 is 15.1 Å². The first-order valence-corrected chi connectivity index (χ1v) is 8.97. The quantitative estimate of drug-likeness (QED) is 0.832. The van der Waals surface area contributed by atoms with E-state index >= 15 is 0 Å². The van der Waals surface area contributed by atoms with Gasteiger partial charge >= 0.3 is 0 Å². The third-order valence-electron chi connectivity index (χ3n) is 3.86. The summed E-state index contributed by atoms with van der Waals surface area (Å²) in [7, 11) is 1.78. The fraction of sp³-hybridized carbons (Fsp3) is 0.438. The molecule has 2 aromatic heterocycles. The van der Waals surface area contributed by atoms with Crippen LogP contribution in [0.2, 0.25) is 0 Å². The van der Waals surface area contributed by atoms with Gasteiger partial charge in [-0.1, -0.05) is 17.4 Å². The molecular weight excluding hydrogens is 340 g/mol. The summed E-state index contributed by atoms with van der Waals surface area (Å²) in [5, 5.41) is 12.2. The number of carbonyl (C=O) groups is 2. The van der Waals surface area contributed by atoms with Gasteiger partial charge in [-0.05, 0) is 25.0 Å². The van der Waals surface area contributed by atoms with Gasteiger partial charge in [0.25, 0.3) is 0 Å². The molecular formula is C16H20N6O2S. The smallest absolute Gasteiger partial charge is 0.239 e. The van der Waals surface area contributed by atoms with Gasteiger partial charge in [0.05, 0.1) is 18.8 Å². The van der Waals surface area contributed by atoms with Crippen molar-refractivity contribution >= 4 is 33.4 Å². The molecule has 0 spiro atoms. The Morgan fingerprint density at radius 1 is 1.36 bits per heavy atom. The molecule has 9 heteroatoms. The maximum Gasteiger partial charge on any atom is 0.239 e. The molecule has 2 amide bonds. The number of likely N-dealkylation sites (N-methyl/N-ethyl adjacent to an activating group) is 1. The molecule has 0 unspecified atom stereocenters. The van der Waals surface area contributed by atoms with Gasteiger partial charge in [0.2, 0.25) is 22.1 Å². The molecule has 25 heavy (non-hydrogen) atoms. The van der Waals surface area contributed by atoms with E-state index in [0.717, 1.165) is 18.5 Å². The SMILES string of the molecule is CN(CC(=O)NCc1ccccn1)c1nnc(N2CCCCC2=O)s1. The Bertz CT molecular complexity index is 735. The van der Waals surface area contributed by atoms with E-state index in [-0.39, 0.29) is 18.4 Å². The Balaban J connectivity index is 1.53. The highest BCUT2D eigenvalue weighted by Gasteiger charge is 2.24. The number of carbonyl (C=O) groups excluding carboxylic acids is 2. The second kappa shape index (κ2) is 8.02. The third kappa shape index (κ3) is 4.50. The van der Waals surface area contributed by atoms with Crippen molar-refractivity contribution in [2.24, 2.45) is 0 Å². The van der Waals surface area contributed by atoms with Crippen LogP contribution in [-0.4, -0.2) is 47.1 Å². The predicted octanol–water partition coefficient (Wildman–Crippen LogP) is 1.20. The molecule has 0 atom stereocenters. The van der Waals surface area contributed by atoms with Crippen LogP contribution in [0.3, 0.4) is 0 Å². The van der Waals surface area contributed by atoms with E-state index < -0.39 is 0 Å². The van der Waals surface area contributed by atoms with Crippen LogP contribution in [0.15, 0.2) is 24.4 Å². The van der Waals surface area contributed by atoms with Gasteiger partial charge in [-0.2, -0.15) is 0 Å². The number of aromatic nitrogens is 3. The van der Waals surface area contributed by atoms with E-state index in [1.165, 1.54) is 11.3 Å². The number of hydrogen-bond acceptors (Lipinski definition) is 7. The summed E-state index contributed by atoms with van der Waals surface area (Å²) in [6, 6.07) is 5.57. The number of amides is 2. The minimum Gasteiger partial charge on any atom is -0.349 e. The van der Waals surface area contributed by atoms with Crippen LogP contribution in [0.4, 0.5) is 10.3 Å². The second-order valence-corrected chi connectivity index (χ2v) is 6.76. The minimum atomic E-state index is -0.126. The molecule has 3 heterocycles. The molecule has 0 radical (unpaired) electrons. The summed E-state index contributed by atoms with van der Waals surface area (Å²) in [5.41, 5.74) is 0.806. The minimum absolute atomic E-state index is 0.0877. The lowest BCUT2D eigenvalue weighted by atomic mass is 10.1. The lowest BCUT2D eigenvalue weighted by Gasteiger charge is -2.23. The normalized spacial score (nSPS) is 14.4. The lowest BCUT2D eigenvalue weighted by Crippen LogP contribution is -2.35. The molecule has 1 saturated heterocycles. The van der Waals surface area contributed by atoms with Gasteiger partial charge in [0.15, 0.2) is 0 Å². The largest absolute Gasteiger partial charge is 0.349 e. The Morgan fingerprint density at radius 2 is 2.24 bits per heavy atom. The van der Waals surface area contributed by atoms with Crippen LogP contribution in [0.5, 0.6) is 0 Å². The highest BCUT2D eigenvalue weighted by atomic mass is 32.1. The van der Waals surface area contributed by atoms with Gasteiger partial charge < -0.3 is 10.2 Å². The van der Waals surface area contributed by atoms with Crippen molar-refractivity contribution in [1.29, 1.82) is 0 Å². The standard InChI is InChI=1S/C16H20N6O2S/c1-21(11-13(23)18-10-12-6-2-4-8-17-12)15-19-20-16(25-15)22-9-5-3-7-14(22)24/h2,4,6,8H,3,5,7,9-11H2,1H3,(H,18,23). The van der Waals surface area contributed by atoms with Crippen molar-refractivity contribution in [3.63, 3.8) is 0 Å². The molecule has 0 bridgehead atoms. The van der Waals surface area contributed by atoms with Gasteiger partial charge in [-0.25, -0.2) is 0 Å². The number of pyridine rings is 1. The van der Waals surface area contributed by atoms with E-state index in [0.29, 0.717) is 29.8 Å². The molecule has 1 N–H and O–H groups in total. The fourth-order valence-corrected chi connectivity index (χ4v) is 3.36. The van der Waals surface area contributed by atoms with Crippen LogP contribution in [-0.2, 0) is 16.1 Å². The summed E-state index contributed by atoms with van der Waals surface area (Å²) in [4.78, 5) is 31.6. The molecule has 0 aromatic carbocycles. The first-order valence-electron chi connectivity index (χ1n) is 8.15. The highest BCUT2D eigenvalue weighted by Crippen LogP contribution is 2.28. The van der Waals surface area contributed by atoms with Crippen LogP contribution in [0, 0.1) is 0 Å². The Hall–Kier alpha value is -2.55. The van der Waals surface area contributed by atoms with Crippen LogP contribution in [0.1, 0.15) is 25.0 Å². The lowest BCUT2D eigenvalue weighted by molar-refractivity contribution is -0.120. The topological polar surface area (TPSA) is 91.3 Å². The second-order valence-electron chi connectivity index (χ2n) is 5.82. The number of hydrogen-bond donors (Lipinski definition) is 1. The summed E-state index contributed by atoms with van der Waals surface area (Å²) < 4.78 is 0. The number of nitrogens with one attached hydrogen (secondary N) is 1. The van der Waals surface area contributed by atoms with Gasteiger partial charge in [0, 0.05) is 26.2 Å². The summed E-state index contributed by atoms with van der Waals surface area (Å²) >= 11 is 1.32. The molecule has 2 aromatic rings. The van der Waals surface area contributed by atoms with E-state index in [2.05, 4.69) is 20.5 Å². The summed E-state index contributed by atoms with van der Waals surface area (Å²) in [6.45, 7) is 1.23. The summed E-state index contributed by atoms with van der Waals surface area (Å²) in [6.07, 6.45) is 4.16. The Morgan fingerprint density at radius 3 is 3.00 bits per heavy atom. The monoisotopic (exact) mass is 360 g/mol. The maximum absolute atomic E-state index is 12.1. The van der Waals surface area contributed by atoms with E-state index in [1.807, 2.05) is 18.2 Å². The van der Waals surface area contributed by atoms with Crippen molar-refractivity contribution in [1.82, 2.24) is 20.5 Å². The van der Waals surface area contributed by atoms with Crippen molar-refractivity contribution in [3.05, 3.63) is 30.1 Å².